The van der Waals surface area contributed by atoms with Crippen molar-refractivity contribution in [2.24, 2.45) is 5.14 Å². The summed E-state index contributed by atoms with van der Waals surface area (Å²) in [5, 5.41) is 5.24. The number of oxazole rings is 1. The summed E-state index contributed by atoms with van der Waals surface area (Å²) >= 11 is 0. The van der Waals surface area contributed by atoms with E-state index in [-0.39, 0.29) is 23.9 Å². The molecular weight excluding hydrogens is 551 g/mol. The molecule has 11 heteroatoms. The predicted octanol–water partition coefficient (Wildman–Crippen LogP) is 4.79. The van der Waals surface area contributed by atoms with Gasteiger partial charge in [-0.1, -0.05) is 30.3 Å². The van der Waals surface area contributed by atoms with Gasteiger partial charge < -0.3 is 23.4 Å². The molecule has 2 fully saturated rings. The van der Waals surface area contributed by atoms with Crippen LogP contribution in [0.5, 0.6) is 5.75 Å². The van der Waals surface area contributed by atoms with Crippen LogP contribution in [0.1, 0.15) is 24.3 Å². The minimum Gasteiger partial charge on any atom is -0.493 e. The summed E-state index contributed by atoms with van der Waals surface area (Å²) in [4.78, 5) is 4.70. The van der Waals surface area contributed by atoms with E-state index in [0.29, 0.717) is 60.1 Å². The molecule has 1 aromatic heterocycles. The van der Waals surface area contributed by atoms with E-state index < -0.39 is 21.4 Å². The SMILES string of the molecule is CO[C@@H]1C[C@@H]2OC[C@@](c3cc(F)cc(OCCc4nc(-c5ccccc5)c(-c5ccc(S(N)(=O)=O)cc5)o4)c3)(C1)O2. The van der Waals surface area contributed by atoms with Crippen molar-refractivity contribution in [2.45, 2.75) is 42.2 Å². The highest BCUT2D eigenvalue weighted by molar-refractivity contribution is 7.89. The number of methoxy groups -OCH3 is 1. The van der Waals surface area contributed by atoms with E-state index in [1.54, 1.807) is 25.3 Å². The number of fused-ring (bicyclic) bond motifs is 2. The molecule has 4 aromatic rings. The van der Waals surface area contributed by atoms with Gasteiger partial charge in [0.05, 0.1) is 30.6 Å². The molecule has 3 atom stereocenters. The molecule has 3 heterocycles. The van der Waals surface area contributed by atoms with E-state index in [1.165, 1.54) is 24.3 Å². The number of primary sulfonamides is 1. The first-order chi connectivity index (χ1) is 19.7. The number of nitrogens with zero attached hydrogens (tertiary/aromatic N) is 1. The Bertz CT molecular complexity index is 1640. The summed E-state index contributed by atoms with van der Waals surface area (Å²) in [7, 11) is -2.18. The van der Waals surface area contributed by atoms with Crippen LogP contribution in [0.15, 0.2) is 82.1 Å². The van der Waals surface area contributed by atoms with Crippen molar-refractivity contribution in [3.63, 3.8) is 0 Å². The summed E-state index contributed by atoms with van der Waals surface area (Å²) in [6.45, 7) is 0.495. The van der Waals surface area contributed by atoms with Crippen molar-refractivity contribution < 1.29 is 36.2 Å². The third kappa shape index (κ3) is 5.77. The lowest BCUT2D eigenvalue weighted by Gasteiger charge is -2.35. The third-order valence-corrected chi connectivity index (χ3v) is 8.28. The molecule has 0 aliphatic carbocycles. The molecule has 0 saturated carbocycles. The number of rotatable bonds is 9. The van der Waals surface area contributed by atoms with Gasteiger partial charge in [-0.2, -0.15) is 0 Å². The van der Waals surface area contributed by atoms with Gasteiger partial charge >= 0.3 is 0 Å². The Hall–Kier alpha value is -3.61. The standard InChI is InChI=1S/C30H29FN2O7S/c1-36-24-16-27-38-18-30(17-24,40-27)21-13-22(31)15-23(14-21)37-12-11-26-33-28(19-5-3-2-4-6-19)29(39-26)20-7-9-25(10-8-20)41(32,34)35/h2-10,13-15,24,27H,11-12,16-18H2,1H3,(H2,32,34,35)/t24-,27-,30-/m1/s1. The van der Waals surface area contributed by atoms with Crippen molar-refractivity contribution in [3.8, 4) is 28.3 Å². The normalized spacial score (nSPS) is 22.1. The van der Waals surface area contributed by atoms with Gasteiger partial charge in [-0.15, -0.1) is 0 Å². The summed E-state index contributed by atoms with van der Waals surface area (Å²) in [6.07, 6.45) is 1.08. The molecule has 0 spiro atoms. The molecule has 2 bridgehead atoms. The fourth-order valence-corrected chi connectivity index (χ4v) is 5.82. The molecule has 2 saturated heterocycles. The molecule has 3 aromatic carbocycles. The average molecular weight is 581 g/mol. The van der Waals surface area contributed by atoms with Crippen LogP contribution >= 0.6 is 0 Å². The highest BCUT2D eigenvalue weighted by atomic mass is 32.2. The number of hydrogen-bond acceptors (Lipinski definition) is 8. The summed E-state index contributed by atoms with van der Waals surface area (Å²) in [6, 6.07) is 20.2. The van der Waals surface area contributed by atoms with Crippen LogP contribution in [-0.2, 0) is 36.3 Å². The number of hydrogen-bond donors (Lipinski definition) is 1. The van der Waals surface area contributed by atoms with Gasteiger partial charge in [0.25, 0.3) is 0 Å². The molecular formula is C30H29FN2O7S. The van der Waals surface area contributed by atoms with Crippen LogP contribution in [0.4, 0.5) is 4.39 Å². The van der Waals surface area contributed by atoms with Crippen LogP contribution in [0.25, 0.3) is 22.6 Å². The molecule has 2 N–H and O–H groups in total. The van der Waals surface area contributed by atoms with Crippen LogP contribution in [0, 0.1) is 5.82 Å². The van der Waals surface area contributed by atoms with Gasteiger partial charge in [-0.25, -0.2) is 22.9 Å². The van der Waals surface area contributed by atoms with E-state index in [9.17, 15) is 12.8 Å². The number of ether oxygens (including phenoxy) is 4. The first kappa shape index (κ1) is 27.6. The molecule has 0 unspecified atom stereocenters. The number of sulfonamides is 1. The minimum absolute atomic E-state index is 0.000656. The first-order valence-corrected chi connectivity index (χ1v) is 14.7. The van der Waals surface area contributed by atoms with Gasteiger partial charge in [0.1, 0.15) is 22.9 Å². The Labute approximate surface area is 237 Å². The zero-order chi connectivity index (χ0) is 28.6. The predicted molar refractivity (Wildman–Crippen MR) is 147 cm³/mol. The van der Waals surface area contributed by atoms with E-state index in [0.717, 1.165) is 5.56 Å². The van der Waals surface area contributed by atoms with Crippen molar-refractivity contribution in [1.82, 2.24) is 4.98 Å². The Morgan fingerprint density at radius 1 is 1.07 bits per heavy atom. The van der Waals surface area contributed by atoms with Crippen molar-refractivity contribution in [1.29, 1.82) is 0 Å². The molecule has 41 heavy (non-hydrogen) atoms. The second-order valence-corrected chi connectivity index (χ2v) is 11.7. The zero-order valence-electron chi connectivity index (χ0n) is 22.3. The summed E-state index contributed by atoms with van der Waals surface area (Å²) in [5.41, 5.74) is 1.94. The average Bonchev–Trinajstić information content (AvgIpc) is 3.53. The number of aromatic nitrogens is 1. The van der Waals surface area contributed by atoms with Crippen molar-refractivity contribution in [3.05, 3.63) is 90.1 Å². The molecule has 214 valence electrons. The zero-order valence-corrected chi connectivity index (χ0v) is 23.1. The fraction of sp³-hybridized carbons (Fsp3) is 0.300. The monoisotopic (exact) mass is 580 g/mol. The fourth-order valence-electron chi connectivity index (χ4n) is 5.30. The quantitative estimate of drug-likeness (QED) is 0.300. The molecule has 0 amide bonds. The Morgan fingerprint density at radius 3 is 2.59 bits per heavy atom. The summed E-state index contributed by atoms with van der Waals surface area (Å²) < 4.78 is 67.6. The minimum atomic E-state index is -3.83. The lowest BCUT2D eigenvalue weighted by molar-refractivity contribution is -0.162. The van der Waals surface area contributed by atoms with E-state index in [4.69, 9.17) is 33.5 Å². The van der Waals surface area contributed by atoms with Crippen LogP contribution < -0.4 is 9.88 Å². The number of benzene rings is 3. The second-order valence-electron chi connectivity index (χ2n) is 10.1. The van der Waals surface area contributed by atoms with Crippen LogP contribution in [0.3, 0.4) is 0 Å². The van der Waals surface area contributed by atoms with Crippen LogP contribution in [-0.4, -0.2) is 46.1 Å². The van der Waals surface area contributed by atoms with Crippen molar-refractivity contribution >= 4 is 10.0 Å². The lowest BCUT2D eigenvalue weighted by Crippen LogP contribution is -2.39. The Balaban J connectivity index is 1.22. The number of halogens is 1. The topological polar surface area (TPSA) is 123 Å². The van der Waals surface area contributed by atoms with Gasteiger partial charge in [0.2, 0.25) is 10.0 Å². The smallest absolute Gasteiger partial charge is 0.238 e. The maximum Gasteiger partial charge on any atom is 0.238 e. The number of nitrogens with two attached hydrogens (primary N) is 1. The second kappa shape index (κ2) is 11.0. The third-order valence-electron chi connectivity index (χ3n) is 7.35. The lowest BCUT2D eigenvalue weighted by atomic mass is 9.86. The molecule has 2 aliphatic heterocycles. The Kier molecular flexibility index (Phi) is 7.39. The first-order valence-electron chi connectivity index (χ1n) is 13.2. The van der Waals surface area contributed by atoms with Gasteiger partial charge in [-0.05, 0) is 42.0 Å². The molecule has 0 radical (unpaired) electrons. The van der Waals surface area contributed by atoms with Crippen molar-refractivity contribution in [2.75, 3.05) is 20.3 Å². The van der Waals surface area contributed by atoms with Gasteiger partial charge in [0.15, 0.2) is 17.9 Å². The summed E-state index contributed by atoms with van der Waals surface area (Å²) in [5.74, 6) is 0.813. The van der Waals surface area contributed by atoms with Gasteiger partial charge in [0, 0.05) is 37.1 Å². The van der Waals surface area contributed by atoms with E-state index in [2.05, 4.69) is 0 Å². The van der Waals surface area contributed by atoms with Crippen LogP contribution in [0.2, 0.25) is 0 Å². The molecule has 6 rings (SSSR count). The highest BCUT2D eigenvalue weighted by Gasteiger charge is 2.49. The Morgan fingerprint density at radius 2 is 1.85 bits per heavy atom. The molecule has 9 nitrogen and oxygen atoms in total. The maximum absolute atomic E-state index is 14.7. The largest absolute Gasteiger partial charge is 0.493 e. The highest BCUT2D eigenvalue weighted by Crippen LogP contribution is 2.45. The maximum atomic E-state index is 14.7. The molecule has 2 aliphatic rings. The van der Waals surface area contributed by atoms with E-state index >= 15 is 0 Å². The van der Waals surface area contributed by atoms with E-state index in [1.807, 2.05) is 30.3 Å². The van der Waals surface area contributed by atoms with Gasteiger partial charge in [-0.3, -0.25) is 0 Å².